The Morgan fingerprint density at radius 2 is 1.78 bits per heavy atom. The van der Waals surface area contributed by atoms with Crippen LogP contribution < -0.4 is 11.1 Å². The summed E-state index contributed by atoms with van der Waals surface area (Å²) >= 11 is 0. The zero-order chi connectivity index (χ0) is 13.7. The van der Waals surface area contributed by atoms with Gasteiger partial charge in [0.05, 0.1) is 11.1 Å². The largest absolute Gasteiger partial charge is 0.478 e. The Labute approximate surface area is 102 Å². The van der Waals surface area contributed by atoms with E-state index in [0.717, 1.165) is 0 Å². The number of carboxylic acids is 1. The second kappa shape index (κ2) is 6.06. The van der Waals surface area contributed by atoms with Crippen LogP contribution in [-0.4, -0.2) is 30.1 Å². The summed E-state index contributed by atoms with van der Waals surface area (Å²) in [5.41, 5.74) is 4.22. The van der Waals surface area contributed by atoms with E-state index in [1.54, 1.807) is 0 Å². The number of carbonyl (C=O) groups excluding carboxylic acids is 1. The van der Waals surface area contributed by atoms with Crippen LogP contribution in [0.5, 0.6) is 0 Å². The van der Waals surface area contributed by atoms with Crippen LogP contribution in [0.15, 0.2) is 12.1 Å². The fourth-order valence-corrected chi connectivity index (χ4v) is 1.31. The topological polar surface area (TPSA) is 92.4 Å². The van der Waals surface area contributed by atoms with Gasteiger partial charge in [0.1, 0.15) is 0 Å². The molecule has 5 nitrogen and oxygen atoms in total. The van der Waals surface area contributed by atoms with Crippen molar-refractivity contribution in [2.75, 3.05) is 13.1 Å². The lowest BCUT2D eigenvalue weighted by atomic mass is 10.1. The summed E-state index contributed by atoms with van der Waals surface area (Å²) in [6.45, 7) is 0.581. The van der Waals surface area contributed by atoms with Gasteiger partial charge >= 0.3 is 5.97 Å². The van der Waals surface area contributed by atoms with Crippen LogP contribution >= 0.6 is 0 Å². The predicted octanol–water partition coefficient (Wildman–Crippen LogP) is 0.742. The van der Waals surface area contributed by atoms with Gasteiger partial charge in [-0.05, 0) is 25.1 Å². The molecule has 0 heterocycles. The number of aromatic carboxylic acids is 1. The minimum Gasteiger partial charge on any atom is -0.478 e. The first-order valence-electron chi connectivity index (χ1n) is 5.18. The second-order valence-corrected chi connectivity index (χ2v) is 3.52. The van der Waals surface area contributed by atoms with Crippen molar-refractivity contribution in [3.63, 3.8) is 0 Å². The number of benzene rings is 1. The standard InChI is InChI=1S/C11H12F2N2O3/c12-8-4-6(10(16)15-3-1-2-14)7(11(17)18)5-9(8)13/h4-5H,1-3,14H2,(H,15,16)(H,17,18). The van der Waals surface area contributed by atoms with E-state index >= 15 is 0 Å². The average molecular weight is 258 g/mol. The SMILES string of the molecule is NCCCNC(=O)c1cc(F)c(F)cc1C(=O)O. The van der Waals surface area contributed by atoms with E-state index in [-0.39, 0.29) is 6.54 Å². The van der Waals surface area contributed by atoms with Gasteiger partial charge in [-0.3, -0.25) is 4.79 Å². The molecule has 1 aromatic rings. The molecule has 0 saturated carbocycles. The van der Waals surface area contributed by atoms with Crippen LogP contribution in [0.3, 0.4) is 0 Å². The molecule has 0 saturated heterocycles. The number of carboxylic acid groups (broad SMARTS) is 1. The van der Waals surface area contributed by atoms with Crippen molar-refractivity contribution in [2.24, 2.45) is 5.73 Å². The quantitative estimate of drug-likeness (QED) is 0.679. The van der Waals surface area contributed by atoms with E-state index in [9.17, 15) is 18.4 Å². The number of rotatable bonds is 5. The molecule has 4 N–H and O–H groups in total. The minimum absolute atomic E-state index is 0.230. The molecule has 0 spiro atoms. The number of amides is 1. The molecular weight excluding hydrogens is 246 g/mol. The van der Waals surface area contributed by atoms with E-state index in [4.69, 9.17) is 10.8 Å². The van der Waals surface area contributed by atoms with Crippen LogP contribution in [0, 0.1) is 11.6 Å². The van der Waals surface area contributed by atoms with Gasteiger partial charge in [-0.2, -0.15) is 0 Å². The summed E-state index contributed by atoms with van der Waals surface area (Å²) in [6, 6.07) is 1.05. The molecule has 0 aromatic heterocycles. The van der Waals surface area contributed by atoms with Gasteiger partial charge in [0.15, 0.2) is 11.6 Å². The smallest absolute Gasteiger partial charge is 0.336 e. The van der Waals surface area contributed by atoms with E-state index in [0.29, 0.717) is 25.1 Å². The maximum atomic E-state index is 13.0. The average Bonchev–Trinajstić information content (AvgIpc) is 2.32. The van der Waals surface area contributed by atoms with E-state index in [1.807, 2.05) is 0 Å². The lowest BCUT2D eigenvalue weighted by molar-refractivity contribution is 0.0690. The monoisotopic (exact) mass is 258 g/mol. The van der Waals surface area contributed by atoms with Gasteiger partial charge in [0.25, 0.3) is 5.91 Å². The third-order valence-electron chi connectivity index (χ3n) is 2.20. The summed E-state index contributed by atoms with van der Waals surface area (Å²) in [6.07, 6.45) is 0.498. The van der Waals surface area contributed by atoms with Gasteiger partial charge in [0.2, 0.25) is 0 Å². The number of carbonyl (C=O) groups is 2. The molecule has 0 aliphatic heterocycles. The van der Waals surface area contributed by atoms with Crippen LogP contribution in [0.25, 0.3) is 0 Å². The number of hydrogen-bond donors (Lipinski definition) is 3. The maximum Gasteiger partial charge on any atom is 0.336 e. The first-order valence-corrected chi connectivity index (χ1v) is 5.18. The predicted molar refractivity (Wildman–Crippen MR) is 59.3 cm³/mol. The highest BCUT2D eigenvalue weighted by atomic mass is 19.2. The third kappa shape index (κ3) is 3.24. The summed E-state index contributed by atoms with van der Waals surface area (Å²) in [5.74, 6) is -4.87. The molecule has 0 atom stereocenters. The molecule has 0 radical (unpaired) electrons. The van der Waals surface area contributed by atoms with Gasteiger partial charge in [-0.1, -0.05) is 0 Å². The van der Waals surface area contributed by atoms with Crippen LogP contribution in [0.2, 0.25) is 0 Å². The molecule has 1 amide bonds. The number of nitrogens with two attached hydrogens (primary N) is 1. The molecule has 7 heteroatoms. The fourth-order valence-electron chi connectivity index (χ4n) is 1.31. The molecule has 1 aromatic carbocycles. The number of nitrogens with one attached hydrogen (secondary N) is 1. The molecule has 0 bridgehead atoms. The van der Waals surface area contributed by atoms with E-state index < -0.39 is 34.6 Å². The highest BCUT2D eigenvalue weighted by molar-refractivity contribution is 6.04. The van der Waals surface area contributed by atoms with Crippen LogP contribution in [0.4, 0.5) is 8.78 Å². The fraction of sp³-hybridized carbons (Fsp3) is 0.273. The lowest BCUT2D eigenvalue weighted by Gasteiger charge is -2.08. The van der Waals surface area contributed by atoms with Crippen molar-refractivity contribution >= 4 is 11.9 Å². The lowest BCUT2D eigenvalue weighted by Crippen LogP contribution is -2.28. The zero-order valence-electron chi connectivity index (χ0n) is 9.37. The first-order chi connectivity index (χ1) is 8.47. The molecule has 0 fully saturated rings. The molecule has 98 valence electrons. The first kappa shape index (κ1) is 14.0. The summed E-state index contributed by atoms with van der Waals surface area (Å²) in [4.78, 5) is 22.4. The molecule has 18 heavy (non-hydrogen) atoms. The second-order valence-electron chi connectivity index (χ2n) is 3.52. The van der Waals surface area contributed by atoms with E-state index in [1.165, 1.54) is 0 Å². The Balaban J connectivity index is 3.02. The van der Waals surface area contributed by atoms with Gasteiger partial charge in [-0.15, -0.1) is 0 Å². The molecule has 1 rings (SSSR count). The van der Waals surface area contributed by atoms with Gasteiger partial charge in [0, 0.05) is 6.54 Å². The molecule has 0 aliphatic rings. The molecular formula is C11H12F2N2O3. The van der Waals surface area contributed by atoms with Gasteiger partial charge < -0.3 is 16.2 Å². The van der Waals surface area contributed by atoms with Crippen molar-refractivity contribution in [1.29, 1.82) is 0 Å². The highest BCUT2D eigenvalue weighted by Crippen LogP contribution is 2.15. The maximum absolute atomic E-state index is 13.0. The van der Waals surface area contributed by atoms with Crippen molar-refractivity contribution in [1.82, 2.24) is 5.32 Å². The normalized spacial score (nSPS) is 10.2. The third-order valence-corrected chi connectivity index (χ3v) is 2.20. The minimum atomic E-state index is -1.50. The van der Waals surface area contributed by atoms with Crippen molar-refractivity contribution < 1.29 is 23.5 Å². The Kier molecular flexibility index (Phi) is 4.73. The highest BCUT2D eigenvalue weighted by Gasteiger charge is 2.20. The number of hydrogen-bond acceptors (Lipinski definition) is 3. The van der Waals surface area contributed by atoms with Gasteiger partial charge in [-0.25, -0.2) is 13.6 Å². The van der Waals surface area contributed by atoms with Crippen LogP contribution in [-0.2, 0) is 0 Å². The molecule has 0 unspecified atom stereocenters. The Bertz CT molecular complexity index is 478. The Morgan fingerprint density at radius 3 is 2.28 bits per heavy atom. The van der Waals surface area contributed by atoms with Crippen molar-refractivity contribution in [3.8, 4) is 0 Å². The summed E-state index contributed by atoms with van der Waals surface area (Å²) in [5, 5.41) is 11.2. The number of halogens is 2. The Hall–Kier alpha value is -2.02. The molecule has 0 aliphatic carbocycles. The zero-order valence-corrected chi connectivity index (χ0v) is 9.37. The van der Waals surface area contributed by atoms with Crippen molar-refractivity contribution in [2.45, 2.75) is 6.42 Å². The van der Waals surface area contributed by atoms with Crippen LogP contribution in [0.1, 0.15) is 27.1 Å². The van der Waals surface area contributed by atoms with E-state index in [2.05, 4.69) is 5.32 Å². The summed E-state index contributed by atoms with van der Waals surface area (Å²) < 4.78 is 25.9. The van der Waals surface area contributed by atoms with Crippen molar-refractivity contribution in [3.05, 3.63) is 34.9 Å². The summed E-state index contributed by atoms with van der Waals surface area (Å²) in [7, 11) is 0. The Morgan fingerprint density at radius 1 is 1.22 bits per heavy atom.